The summed E-state index contributed by atoms with van der Waals surface area (Å²) in [5.41, 5.74) is 7.46. The Hall–Kier alpha value is -1.33. The van der Waals surface area contributed by atoms with Crippen molar-refractivity contribution in [3.05, 3.63) is 57.6 Å². The first-order valence-corrected chi connectivity index (χ1v) is 7.17. The quantitative estimate of drug-likeness (QED) is 0.614. The number of allylic oxidation sites excluding steroid dienone is 1. The van der Waals surface area contributed by atoms with Crippen LogP contribution in [-0.2, 0) is 6.42 Å². The average molecular weight is 384 g/mol. The molecule has 0 amide bonds. The van der Waals surface area contributed by atoms with Gasteiger partial charge in [0.2, 0.25) is 5.88 Å². The normalized spacial score (nSPS) is 10.2. The van der Waals surface area contributed by atoms with Gasteiger partial charge in [0.1, 0.15) is 5.75 Å². The van der Waals surface area contributed by atoms with E-state index in [0.717, 1.165) is 20.3 Å². The summed E-state index contributed by atoms with van der Waals surface area (Å²) in [6.07, 6.45) is 4.19. The standard InChI is InChI=1S/C14H12Br2N2O/c1-2-3-9-6-11(17)4-5-13(9)19-14-12(16)7-10(15)8-18-14/h2,4-8H,1,3,17H2. The fraction of sp³-hybridized carbons (Fsp3) is 0.0714. The lowest BCUT2D eigenvalue weighted by atomic mass is 10.1. The Morgan fingerprint density at radius 2 is 2.11 bits per heavy atom. The van der Waals surface area contributed by atoms with Gasteiger partial charge in [-0.2, -0.15) is 0 Å². The maximum Gasteiger partial charge on any atom is 0.233 e. The molecule has 2 rings (SSSR count). The number of pyridine rings is 1. The van der Waals surface area contributed by atoms with Gasteiger partial charge in [0.15, 0.2) is 0 Å². The van der Waals surface area contributed by atoms with E-state index < -0.39 is 0 Å². The second kappa shape index (κ2) is 6.21. The van der Waals surface area contributed by atoms with E-state index >= 15 is 0 Å². The Morgan fingerprint density at radius 1 is 1.32 bits per heavy atom. The number of ether oxygens (including phenoxy) is 1. The van der Waals surface area contributed by atoms with Crippen LogP contribution in [0.2, 0.25) is 0 Å². The van der Waals surface area contributed by atoms with Crippen molar-refractivity contribution in [2.45, 2.75) is 6.42 Å². The maximum atomic E-state index is 5.82. The van der Waals surface area contributed by atoms with Crippen LogP contribution < -0.4 is 10.5 Å². The third kappa shape index (κ3) is 3.58. The van der Waals surface area contributed by atoms with E-state index in [1.54, 1.807) is 12.3 Å². The molecule has 1 aromatic carbocycles. The molecule has 0 bridgehead atoms. The van der Waals surface area contributed by atoms with E-state index in [2.05, 4.69) is 43.4 Å². The van der Waals surface area contributed by atoms with Gasteiger partial charge in [0.05, 0.1) is 4.47 Å². The molecule has 0 saturated carbocycles. The molecule has 0 saturated heterocycles. The molecule has 0 radical (unpaired) electrons. The molecule has 0 aliphatic heterocycles. The number of aromatic nitrogens is 1. The van der Waals surface area contributed by atoms with Crippen LogP contribution in [0.5, 0.6) is 11.6 Å². The number of nitrogens with zero attached hydrogens (tertiary/aromatic N) is 1. The number of hydrogen-bond acceptors (Lipinski definition) is 3. The Kier molecular flexibility index (Phi) is 4.61. The molecule has 5 heteroatoms. The molecule has 0 aliphatic carbocycles. The lowest BCUT2D eigenvalue weighted by Gasteiger charge is -2.11. The molecule has 2 N–H and O–H groups in total. The van der Waals surface area contributed by atoms with Crippen molar-refractivity contribution in [1.82, 2.24) is 4.98 Å². The molecule has 0 fully saturated rings. The molecule has 0 aliphatic rings. The summed E-state index contributed by atoms with van der Waals surface area (Å²) in [6, 6.07) is 7.40. The first-order valence-electron chi connectivity index (χ1n) is 5.58. The van der Waals surface area contributed by atoms with Gasteiger partial charge in [-0.15, -0.1) is 6.58 Å². The Balaban J connectivity index is 2.34. The van der Waals surface area contributed by atoms with Crippen molar-refractivity contribution in [2.24, 2.45) is 0 Å². The molecular weight excluding hydrogens is 372 g/mol. The second-order valence-corrected chi connectivity index (χ2v) is 5.67. The molecule has 1 aromatic heterocycles. The minimum absolute atomic E-state index is 0.512. The fourth-order valence-electron chi connectivity index (χ4n) is 1.60. The van der Waals surface area contributed by atoms with E-state index in [0.29, 0.717) is 18.0 Å². The molecule has 3 nitrogen and oxygen atoms in total. The van der Waals surface area contributed by atoms with Crippen LogP contribution in [0.1, 0.15) is 5.56 Å². The summed E-state index contributed by atoms with van der Waals surface area (Å²) in [5, 5.41) is 0. The second-order valence-electron chi connectivity index (χ2n) is 3.90. The van der Waals surface area contributed by atoms with Crippen molar-refractivity contribution >= 4 is 37.5 Å². The highest BCUT2D eigenvalue weighted by Crippen LogP contribution is 2.32. The minimum atomic E-state index is 0.512. The fourth-order valence-corrected chi connectivity index (χ4v) is 2.66. The van der Waals surface area contributed by atoms with Crippen LogP contribution >= 0.6 is 31.9 Å². The van der Waals surface area contributed by atoms with Crippen LogP contribution in [0, 0.1) is 0 Å². The summed E-state index contributed by atoms with van der Waals surface area (Å²) in [5.74, 6) is 1.24. The number of nitrogen functional groups attached to an aromatic ring is 1. The summed E-state index contributed by atoms with van der Waals surface area (Å²) in [7, 11) is 0. The smallest absolute Gasteiger partial charge is 0.233 e. The highest BCUT2D eigenvalue weighted by molar-refractivity contribution is 9.11. The van der Waals surface area contributed by atoms with Crippen molar-refractivity contribution in [3.63, 3.8) is 0 Å². The van der Waals surface area contributed by atoms with Crippen molar-refractivity contribution in [3.8, 4) is 11.6 Å². The summed E-state index contributed by atoms with van der Waals surface area (Å²) in [4.78, 5) is 4.22. The number of nitrogens with two attached hydrogens (primary N) is 1. The van der Waals surface area contributed by atoms with Gasteiger partial charge in [-0.25, -0.2) is 4.98 Å². The molecule has 19 heavy (non-hydrogen) atoms. The lowest BCUT2D eigenvalue weighted by molar-refractivity contribution is 0.455. The van der Waals surface area contributed by atoms with Crippen molar-refractivity contribution in [2.75, 3.05) is 5.73 Å². The van der Waals surface area contributed by atoms with E-state index in [9.17, 15) is 0 Å². The zero-order valence-corrected chi connectivity index (χ0v) is 13.2. The Bertz CT molecular complexity index is 614. The summed E-state index contributed by atoms with van der Waals surface area (Å²) in [6.45, 7) is 3.74. The van der Waals surface area contributed by atoms with Crippen molar-refractivity contribution in [1.29, 1.82) is 0 Å². The summed E-state index contributed by atoms with van der Waals surface area (Å²) < 4.78 is 7.49. The number of rotatable bonds is 4. The van der Waals surface area contributed by atoms with Gasteiger partial charge in [-0.3, -0.25) is 0 Å². The zero-order valence-electron chi connectivity index (χ0n) is 10.1. The van der Waals surface area contributed by atoms with Crippen LogP contribution in [0.15, 0.2) is 52.1 Å². The first-order chi connectivity index (χ1) is 9.10. The molecule has 98 valence electrons. The van der Waals surface area contributed by atoms with Crippen LogP contribution in [0.3, 0.4) is 0 Å². The van der Waals surface area contributed by atoms with Crippen molar-refractivity contribution < 1.29 is 4.74 Å². The first kappa shape index (κ1) is 14.1. The predicted octanol–water partition coefficient (Wildman–Crippen LogP) is 4.71. The highest BCUT2D eigenvalue weighted by atomic mass is 79.9. The monoisotopic (exact) mass is 382 g/mol. The van der Waals surface area contributed by atoms with Gasteiger partial charge in [0, 0.05) is 21.9 Å². The largest absolute Gasteiger partial charge is 0.438 e. The number of halogens is 2. The van der Waals surface area contributed by atoms with E-state index in [-0.39, 0.29) is 0 Å². The van der Waals surface area contributed by atoms with E-state index in [4.69, 9.17) is 10.5 Å². The predicted molar refractivity (Wildman–Crippen MR) is 84.5 cm³/mol. The van der Waals surface area contributed by atoms with Gasteiger partial charge >= 0.3 is 0 Å². The molecule has 0 unspecified atom stereocenters. The maximum absolute atomic E-state index is 5.82. The number of anilines is 1. The Morgan fingerprint density at radius 3 is 2.79 bits per heavy atom. The summed E-state index contributed by atoms with van der Waals surface area (Å²) >= 11 is 6.77. The molecule has 2 aromatic rings. The SMILES string of the molecule is C=CCc1cc(N)ccc1Oc1ncc(Br)cc1Br. The average Bonchev–Trinajstić information content (AvgIpc) is 2.36. The van der Waals surface area contributed by atoms with Gasteiger partial charge in [-0.1, -0.05) is 6.08 Å². The number of benzene rings is 1. The third-order valence-corrected chi connectivity index (χ3v) is 3.43. The van der Waals surface area contributed by atoms with Gasteiger partial charge < -0.3 is 10.5 Å². The molecule has 0 atom stereocenters. The topological polar surface area (TPSA) is 48.1 Å². The zero-order chi connectivity index (χ0) is 13.8. The van der Waals surface area contributed by atoms with Gasteiger partial charge in [0.25, 0.3) is 0 Å². The van der Waals surface area contributed by atoms with Crippen LogP contribution in [0.25, 0.3) is 0 Å². The highest BCUT2D eigenvalue weighted by Gasteiger charge is 2.09. The lowest BCUT2D eigenvalue weighted by Crippen LogP contribution is -1.95. The minimum Gasteiger partial charge on any atom is -0.438 e. The van der Waals surface area contributed by atoms with Gasteiger partial charge in [-0.05, 0) is 62.5 Å². The molecule has 0 spiro atoms. The molecular formula is C14H12Br2N2O. The number of hydrogen-bond donors (Lipinski definition) is 1. The van der Waals surface area contributed by atoms with Crippen LogP contribution in [-0.4, -0.2) is 4.98 Å². The van der Waals surface area contributed by atoms with E-state index in [1.165, 1.54) is 0 Å². The molecule has 1 heterocycles. The van der Waals surface area contributed by atoms with E-state index in [1.807, 2.05) is 24.3 Å². The Labute approximate surface area is 128 Å². The third-order valence-electron chi connectivity index (χ3n) is 2.43. The van der Waals surface area contributed by atoms with Crippen LogP contribution in [0.4, 0.5) is 5.69 Å².